The highest BCUT2D eigenvalue weighted by atomic mass is 28.4. The topological polar surface area (TPSA) is 9.23 Å². The second-order valence-electron chi connectivity index (χ2n) is 7.28. The van der Waals surface area contributed by atoms with E-state index in [2.05, 4.69) is 53.1 Å². The van der Waals surface area contributed by atoms with Crippen molar-refractivity contribution in [1.29, 1.82) is 0 Å². The summed E-state index contributed by atoms with van der Waals surface area (Å²) in [6, 6.07) is 0. The fourth-order valence-electron chi connectivity index (χ4n) is 2.61. The van der Waals surface area contributed by atoms with Gasteiger partial charge in [0, 0.05) is 0 Å². The van der Waals surface area contributed by atoms with Crippen LogP contribution in [-0.4, -0.2) is 13.9 Å². The zero-order chi connectivity index (χ0) is 14.0. The molecule has 0 aromatic carbocycles. The molecule has 0 aliphatic heterocycles. The van der Waals surface area contributed by atoms with Gasteiger partial charge < -0.3 is 4.43 Å². The van der Waals surface area contributed by atoms with Crippen molar-refractivity contribution in [3.8, 4) is 0 Å². The molecule has 0 spiro atoms. The maximum Gasteiger partial charge on any atom is 0.192 e. The van der Waals surface area contributed by atoms with Crippen molar-refractivity contribution in [2.24, 2.45) is 5.92 Å². The molecule has 1 aliphatic carbocycles. The lowest BCUT2D eigenvalue weighted by molar-refractivity contribution is 0.0605. The van der Waals surface area contributed by atoms with E-state index in [-0.39, 0.29) is 10.6 Å². The molecule has 1 fully saturated rings. The van der Waals surface area contributed by atoms with Crippen molar-refractivity contribution in [1.82, 2.24) is 0 Å². The van der Waals surface area contributed by atoms with Crippen LogP contribution in [0.15, 0.2) is 25.3 Å². The Morgan fingerprint density at radius 3 is 2.33 bits per heavy atom. The van der Waals surface area contributed by atoms with Gasteiger partial charge in [-0.15, -0.1) is 13.2 Å². The van der Waals surface area contributed by atoms with Gasteiger partial charge in [-0.1, -0.05) is 32.9 Å². The Morgan fingerprint density at radius 2 is 1.94 bits per heavy atom. The lowest BCUT2D eigenvalue weighted by atomic mass is 9.96. The van der Waals surface area contributed by atoms with Crippen LogP contribution in [0.1, 0.15) is 46.5 Å². The van der Waals surface area contributed by atoms with E-state index in [1.165, 1.54) is 6.42 Å². The molecule has 0 aromatic rings. The van der Waals surface area contributed by atoms with Gasteiger partial charge in [-0.05, 0) is 49.7 Å². The maximum atomic E-state index is 6.74. The smallest absolute Gasteiger partial charge is 0.192 e. The van der Waals surface area contributed by atoms with Gasteiger partial charge in [0.2, 0.25) is 0 Å². The first-order chi connectivity index (χ1) is 8.16. The summed E-state index contributed by atoms with van der Waals surface area (Å²) < 4.78 is 6.74. The minimum atomic E-state index is -1.70. The van der Waals surface area contributed by atoms with E-state index in [0.717, 1.165) is 19.3 Å². The Labute approximate surface area is 114 Å². The predicted molar refractivity (Wildman–Crippen MR) is 83.4 cm³/mol. The minimum Gasteiger partial charge on any atom is -0.411 e. The van der Waals surface area contributed by atoms with Crippen LogP contribution in [0.2, 0.25) is 18.1 Å². The molecule has 1 saturated carbocycles. The van der Waals surface area contributed by atoms with Gasteiger partial charge in [0.1, 0.15) is 0 Å². The Balaban J connectivity index is 2.88. The second-order valence-corrected chi connectivity index (χ2v) is 12.0. The van der Waals surface area contributed by atoms with Crippen molar-refractivity contribution >= 4 is 8.32 Å². The number of hydrogen-bond acceptors (Lipinski definition) is 1. The molecule has 2 atom stereocenters. The molecule has 0 bridgehead atoms. The molecule has 0 aromatic heterocycles. The quantitative estimate of drug-likeness (QED) is 0.484. The molecule has 104 valence electrons. The lowest BCUT2D eigenvalue weighted by Crippen LogP contribution is -2.48. The Morgan fingerprint density at radius 1 is 1.33 bits per heavy atom. The van der Waals surface area contributed by atoms with Crippen LogP contribution in [0.4, 0.5) is 0 Å². The SMILES string of the molecule is C=CC[C@]1(O[Si](C)(C)C(C)(C)C)CCC(C=C)C1. The first-order valence-corrected chi connectivity index (χ1v) is 10.0. The maximum absolute atomic E-state index is 6.74. The summed E-state index contributed by atoms with van der Waals surface area (Å²) in [6.07, 6.45) is 8.59. The summed E-state index contributed by atoms with van der Waals surface area (Å²) in [5.74, 6) is 0.620. The summed E-state index contributed by atoms with van der Waals surface area (Å²) in [5, 5.41) is 0.271. The van der Waals surface area contributed by atoms with E-state index in [4.69, 9.17) is 4.43 Å². The molecule has 0 amide bonds. The van der Waals surface area contributed by atoms with Gasteiger partial charge >= 0.3 is 0 Å². The molecule has 0 N–H and O–H groups in total. The largest absolute Gasteiger partial charge is 0.411 e. The van der Waals surface area contributed by atoms with Crippen LogP contribution in [0, 0.1) is 5.92 Å². The zero-order valence-corrected chi connectivity index (χ0v) is 13.9. The molecule has 0 saturated heterocycles. The Hall–Kier alpha value is -0.343. The molecular formula is C16H30OSi. The average molecular weight is 267 g/mol. The molecule has 0 heterocycles. The van der Waals surface area contributed by atoms with Crippen molar-refractivity contribution in [3.05, 3.63) is 25.3 Å². The van der Waals surface area contributed by atoms with Crippen LogP contribution in [0.25, 0.3) is 0 Å². The first kappa shape index (κ1) is 15.7. The fourth-order valence-corrected chi connectivity index (χ4v) is 4.27. The molecule has 1 aliphatic rings. The zero-order valence-electron chi connectivity index (χ0n) is 12.9. The molecule has 1 unspecified atom stereocenters. The highest BCUT2D eigenvalue weighted by molar-refractivity contribution is 6.74. The second kappa shape index (κ2) is 5.34. The normalized spacial score (nSPS) is 29.3. The molecule has 1 nitrogen and oxygen atoms in total. The summed E-state index contributed by atoms with van der Waals surface area (Å²) in [4.78, 5) is 0. The highest BCUT2D eigenvalue weighted by Crippen LogP contribution is 2.47. The summed E-state index contributed by atoms with van der Waals surface area (Å²) in [5.41, 5.74) is 0.0314. The van der Waals surface area contributed by atoms with Crippen LogP contribution in [-0.2, 0) is 4.43 Å². The minimum absolute atomic E-state index is 0.0314. The third kappa shape index (κ3) is 3.36. The summed E-state index contributed by atoms with van der Waals surface area (Å²) in [6.45, 7) is 19.5. The van der Waals surface area contributed by atoms with Crippen LogP contribution < -0.4 is 0 Å². The van der Waals surface area contributed by atoms with Gasteiger partial charge in [0.25, 0.3) is 0 Å². The Bertz CT molecular complexity index is 314. The number of hydrogen-bond donors (Lipinski definition) is 0. The van der Waals surface area contributed by atoms with Crippen LogP contribution in [0.5, 0.6) is 0 Å². The van der Waals surface area contributed by atoms with Crippen molar-refractivity contribution in [2.45, 2.75) is 70.2 Å². The molecule has 1 rings (SSSR count). The summed E-state index contributed by atoms with van der Waals surface area (Å²) >= 11 is 0. The average Bonchev–Trinajstić information content (AvgIpc) is 2.59. The van der Waals surface area contributed by atoms with E-state index in [1.807, 2.05) is 6.08 Å². The van der Waals surface area contributed by atoms with Gasteiger partial charge in [-0.3, -0.25) is 0 Å². The van der Waals surface area contributed by atoms with E-state index < -0.39 is 8.32 Å². The van der Waals surface area contributed by atoms with Crippen LogP contribution in [0.3, 0.4) is 0 Å². The molecular weight excluding hydrogens is 236 g/mol. The molecule has 18 heavy (non-hydrogen) atoms. The third-order valence-corrected chi connectivity index (χ3v) is 9.29. The number of rotatable bonds is 5. The fraction of sp³-hybridized carbons (Fsp3) is 0.750. The molecule has 0 radical (unpaired) electrons. The van der Waals surface area contributed by atoms with Gasteiger partial charge in [0.05, 0.1) is 5.60 Å². The van der Waals surface area contributed by atoms with Gasteiger partial charge in [0.15, 0.2) is 8.32 Å². The molecule has 2 heteroatoms. The van der Waals surface area contributed by atoms with Crippen molar-refractivity contribution < 1.29 is 4.43 Å². The van der Waals surface area contributed by atoms with Crippen molar-refractivity contribution in [3.63, 3.8) is 0 Å². The first-order valence-electron chi connectivity index (χ1n) is 7.09. The van der Waals surface area contributed by atoms with Gasteiger partial charge in [-0.25, -0.2) is 0 Å². The predicted octanol–water partition coefficient (Wildman–Crippen LogP) is 5.31. The number of allylic oxidation sites excluding steroid dienone is 1. The van der Waals surface area contributed by atoms with Crippen molar-refractivity contribution in [2.75, 3.05) is 0 Å². The summed E-state index contributed by atoms with van der Waals surface area (Å²) in [7, 11) is -1.70. The van der Waals surface area contributed by atoms with E-state index in [9.17, 15) is 0 Å². The highest BCUT2D eigenvalue weighted by Gasteiger charge is 2.47. The Kier molecular flexibility index (Phi) is 4.66. The third-order valence-electron chi connectivity index (χ3n) is 4.73. The van der Waals surface area contributed by atoms with E-state index in [0.29, 0.717) is 5.92 Å². The standard InChI is InChI=1S/C16H30OSi/c1-8-11-16(12-10-14(9-2)13-16)17-18(6,7)15(3,4)5/h8-9,14H,1-2,10-13H2,3-7H3/t14?,16-/m0/s1. The monoisotopic (exact) mass is 266 g/mol. The van der Waals surface area contributed by atoms with Crippen LogP contribution >= 0.6 is 0 Å². The van der Waals surface area contributed by atoms with E-state index >= 15 is 0 Å². The van der Waals surface area contributed by atoms with E-state index in [1.54, 1.807) is 0 Å². The lowest BCUT2D eigenvalue weighted by Gasteiger charge is -2.44. The van der Waals surface area contributed by atoms with Gasteiger partial charge in [-0.2, -0.15) is 0 Å².